The Labute approximate surface area is 197 Å². The van der Waals surface area contributed by atoms with Gasteiger partial charge in [0, 0.05) is 44.2 Å². The number of aromatic amines is 1. The van der Waals surface area contributed by atoms with Gasteiger partial charge in [0.05, 0.1) is 6.61 Å². The zero-order valence-corrected chi connectivity index (χ0v) is 20.3. The topological polar surface area (TPSA) is 99.3 Å². The maximum atomic E-state index is 11.9. The third kappa shape index (κ3) is 10.9. The van der Waals surface area contributed by atoms with E-state index in [0.29, 0.717) is 12.2 Å². The van der Waals surface area contributed by atoms with Crippen molar-refractivity contribution in [2.45, 2.75) is 64.7 Å². The molecule has 0 atom stereocenters. The summed E-state index contributed by atoms with van der Waals surface area (Å²) < 4.78 is 5.86. The summed E-state index contributed by atoms with van der Waals surface area (Å²) >= 11 is 0. The molecule has 0 radical (unpaired) electrons. The fourth-order valence-corrected chi connectivity index (χ4v) is 3.38. The number of carbonyl (C=O) groups is 1. The highest BCUT2D eigenvalue weighted by molar-refractivity contribution is 5.87. The van der Waals surface area contributed by atoms with Crippen molar-refractivity contribution in [2.24, 2.45) is 0 Å². The van der Waals surface area contributed by atoms with Crippen LogP contribution in [0.1, 0.15) is 64.0 Å². The van der Waals surface area contributed by atoms with Gasteiger partial charge < -0.3 is 15.0 Å². The molecule has 8 heteroatoms. The lowest BCUT2D eigenvalue weighted by atomic mass is 10.1. The van der Waals surface area contributed by atoms with Crippen LogP contribution in [0.2, 0.25) is 0 Å². The number of carbonyl (C=O) groups excluding carboxylic acids is 1. The lowest BCUT2D eigenvalue weighted by Gasteiger charge is -2.14. The van der Waals surface area contributed by atoms with Crippen molar-refractivity contribution >= 4 is 17.7 Å². The highest BCUT2D eigenvalue weighted by Gasteiger charge is 2.06. The average Bonchev–Trinajstić information content (AvgIpc) is 2.78. The summed E-state index contributed by atoms with van der Waals surface area (Å²) in [6.45, 7) is 3.39. The van der Waals surface area contributed by atoms with Crippen molar-refractivity contribution in [1.29, 1.82) is 0 Å². The Hall–Kier alpha value is -3.03. The minimum absolute atomic E-state index is 0.197. The van der Waals surface area contributed by atoms with Gasteiger partial charge in [-0.2, -0.15) is 0 Å². The third-order valence-electron chi connectivity index (χ3n) is 5.27. The number of aryl methyl sites for hydroxylation is 1. The van der Waals surface area contributed by atoms with Crippen molar-refractivity contribution < 1.29 is 9.53 Å². The van der Waals surface area contributed by atoms with Gasteiger partial charge in [-0.25, -0.2) is 9.78 Å². The molecule has 0 saturated carbocycles. The van der Waals surface area contributed by atoms with E-state index in [0.717, 1.165) is 75.8 Å². The monoisotopic (exact) mass is 457 g/mol. The number of anilines is 2. The first-order valence-electron chi connectivity index (χ1n) is 12.0. The fourth-order valence-electron chi connectivity index (χ4n) is 3.38. The zero-order valence-electron chi connectivity index (χ0n) is 20.3. The third-order valence-corrected chi connectivity index (χ3v) is 5.27. The zero-order chi connectivity index (χ0) is 23.9. The number of ether oxygens (including phenoxy) is 1. The van der Waals surface area contributed by atoms with Crippen LogP contribution in [-0.4, -0.2) is 43.2 Å². The molecule has 182 valence electrons. The summed E-state index contributed by atoms with van der Waals surface area (Å²) in [6.07, 6.45) is 9.17. The Morgan fingerprint density at radius 1 is 1.06 bits per heavy atom. The van der Waals surface area contributed by atoms with E-state index < -0.39 is 0 Å². The molecule has 2 rings (SSSR count). The number of benzene rings is 1. The highest BCUT2D eigenvalue weighted by atomic mass is 16.5. The molecule has 0 bridgehead atoms. The Morgan fingerprint density at radius 2 is 1.82 bits per heavy atom. The first-order valence-corrected chi connectivity index (χ1v) is 12.0. The average molecular weight is 458 g/mol. The van der Waals surface area contributed by atoms with Crippen LogP contribution >= 0.6 is 0 Å². The van der Waals surface area contributed by atoms with Crippen LogP contribution in [0.25, 0.3) is 0 Å². The first-order chi connectivity index (χ1) is 16.0. The van der Waals surface area contributed by atoms with E-state index in [1.807, 2.05) is 26.2 Å². The van der Waals surface area contributed by atoms with Crippen molar-refractivity contribution in [3.05, 3.63) is 46.4 Å². The van der Waals surface area contributed by atoms with Gasteiger partial charge in [-0.1, -0.05) is 45.1 Å². The molecule has 8 nitrogen and oxygen atoms in total. The number of hydrogen-bond donors (Lipinski definition) is 3. The largest absolute Gasteiger partial charge is 0.494 e. The van der Waals surface area contributed by atoms with E-state index in [-0.39, 0.29) is 17.5 Å². The molecule has 0 aliphatic heterocycles. The van der Waals surface area contributed by atoms with E-state index in [1.165, 1.54) is 6.07 Å². The molecule has 3 N–H and O–H groups in total. The molecule has 1 heterocycles. The van der Waals surface area contributed by atoms with E-state index in [1.54, 1.807) is 0 Å². The number of nitrogens with zero attached hydrogens (tertiary/aromatic N) is 2. The molecule has 33 heavy (non-hydrogen) atoms. The molecule has 1 aromatic heterocycles. The molecule has 0 saturated heterocycles. The Bertz CT molecular complexity index is 898. The maximum absolute atomic E-state index is 11.9. The smallest absolute Gasteiger partial charge is 0.321 e. The van der Waals surface area contributed by atoms with Crippen molar-refractivity contribution in [3.8, 4) is 5.75 Å². The predicted molar refractivity (Wildman–Crippen MR) is 134 cm³/mol. The Balaban J connectivity index is 1.58. The number of nitrogens with one attached hydrogen (secondary N) is 3. The van der Waals surface area contributed by atoms with Gasteiger partial charge in [-0.05, 0) is 37.8 Å². The summed E-state index contributed by atoms with van der Waals surface area (Å²) in [5, 5.41) is 5.35. The number of unbranched alkanes of at least 4 members (excludes halogenated alkanes) is 6. The molecule has 2 aromatic rings. The van der Waals surface area contributed by atoms with Crippen LogP contribution in [0.15, 0.2) is 35.1 Å². The molecule has 0 spiro atoms. The summed E-state index contributed by atoms with van der Waals surface area (Å²) in [5.41, 5.74) is 1.59. The van der Waals surface area contributed by atoms with Gasteiger partial charge in [0.15, 0.2) is 0 Å². The number of rotatable bonds is 15. The van der Waals surface area contributed by atoms with Crippen LogP contribution in [0.5, 0.6) is 5.75 Å². The second-order valence-corrected chi connectivity index (χ2v) is 8.43. The number of amides is 2. The Kier molecular flexibility index (Phi) is 11.9. The molecule has 0 unspecified atom stereocenters. The van der Waals surface area contributed by atoms with Crippen molar-refractivity contribution in [1.82, 2.24) is 15.3 Å². The van der Waals surface area contributed by atoms with E-state index >= 15 is 0 Å². The number of aromatic nitrogens is 2. The standard InChI is InChI=1S/C25H39N5O3/c1-4-5-16-26-25(32)29-24-27-20(18-23(31)28-24)13-10-8-6-7-9-11-17-33-22-15-12-14-21(19-22)30(2)3/h12,14-15,18-19H,4-11,13,16-17H2,1-3H3,(H3,26,27,28,29,31,32). The van der Waals surface area contributed by atoms with Crippen molar-refractivity contribution in [3.63, 3.8) is 0 Å². The molecule has 0 aliphatic carbocycles. The first kappa shape index (κ1) is 26.2. The normalized spacial score (nSPS) is 10.6. The van der Waals surface area contributed by atoms with Crippen LogP contribution < -0.4 is 25.8 Å². The van der Waals surface area contributed by atoms with Crippen LogP contribution in [-0.2, 0) is 6.42 Å². The minimum Gasteiger partial charge on any atom is -0.494 e. The van der Waals surface area contributed by atoms with Gasteiger partial charge in [0.2, 0.25) is 5.95 Å². The second kappa shape index (κ2) is 14.9. The van der Waals surface area contributed by atoms with E-state index in [4.69, 9.17) is 4.74 Å². The molecule has 0 aliphatic rings. The van der Waals surface area contributed by atoms with Crippen molar-refractivity contribution in [2.75, 3.05) is 37.5 Å². The quantitative estimate of drug-likeness (QED) is 0.336. The second-order valence-electron chi connectivity index (χ2n) is 8.43. The van der Waals surface area contributed by atoms with Gasteiger partial charge in [-0.3, -0.25) is 15.1 Å². The maximum Gasteiger partial charge on any atom is 0.321 e. The predicted octanol–water partition coefficient (Wildman–Crippen LogP) is 4.72. The molecule has 0 fully saturated rings. The van der Waals surface area contributed by atoms with Gasteiger partial charge in [0.1, 0.15) is 5.75 Å². The van der Waals surface area contributed by atoms with Gasteiger partial charge >= 0.3 is 6.03 Å². The molecular weight excluding hydrogens is 418 g/mol. The van der Waals surface area contributed by atoms with Crippen LogP contribution in [0, 0.1) is 0 Å². The Morgan fingerprint density at radius 3 is 2.58 bits per heavy atom. The highest BCUT2D eigenvalue weighted by Crippen LogP contribution is 2.19. The fraction of sp³-hybridized carbons (Fsp3) is 0.560. The minimum atomic E-state index is -0.349. The molecule has 1 aromatic carbocycles. The SMILES string of the molecule is CCCCNC(=O)Nc1nc(CCCCCCCCOc2cccc(N(C)C)c2)cc(=O)[nH]1. The number of H-pyrrole nitrogens is 1. The lowest BCUT2D eigenvalue weighted by molar-refractivity contribution is 0.252. The summed E-state index contributed by atoms with van der Waals surface area (Å²) in [4.78, 5) is 32.7. The summed E-state index contributed by atoms with van der Waals surface area (Å²) in [5.74, 6) is 1.11. The summed E-state index contributed by atoms with van der Waals surface area (Å²) in [7, 11) is 4.05. The van der Waals surface area contributed by atoms with Gasteiger partial charge in [0.25, 0.3) is 5.56 Å². The molecular formula is C25H39N5O3. The van der Waals surface area contributed by atoms with Crippen LogP contribution in [0.4, 0.5) is 16.4 Å². The molecule has 2 amide bonds. The summed E-state index contributed by atoms with van der Waals surface area (Å²) in [6, 6.07) is 9.29. The number of hydrogen-bond acceptors (Lipinski definition) is 5. The lowest BCUT2D eigenvalue weighted by Crippen LogP contribution is -2.31. The number of urea groups is 1. The van der Waals surface area contributed by atoms with Crippen LogP contribution in [0.3, 0.4) is 0 Å². The van der Waals surface area contributed by atoms with E-state index in [2.05, 4.69) is 44.6 Å². The van der Waals surface area contributed by atoms with Gasteiger partial charge in [-0.15, -0.1) is 0 Å². The van der Waals surface area contributed by atoms with E-state index in [9.17, 15) is 9.59 Å².